The van der Waals surface area contributed by atoms with E-state index in [9.17, 15) is 0 Å². The Balaban J connectivity index is 0.000000133. The minimum absolute atomic E-state index is 0.498. The highest BCUT2D eigenvalue weighted by molar-refractivity contribution is 5.52. The van der Waals surface area contributed by atoms with Crippen molar-refractivity contribution in [3.05, 3.63) is 66.4 Å². The van der Waals surface area contributed by atoms with Gasteiger partial charge in [-0.05, 0) is 42.7 Å². The van der Waals surface area contributed by atoms with Crippen LogP contribution in [-0.2, 0) is 0 Å². The van der Waals surface area contributed by atoms with E-state index in [1.54, 1.807) is 10.7 Å². The molecule has 0 atom stereocenters. The van der Waals surface area contributed by atoms with E-state index in [0.29, 0.717) is 5.92 Å². The van der Waals surface area contributed by atoms with E-state index >= 15 is 0 Å². The number of nitrogens with zero attached hydrogens (tertiary/aromatic N) is 5. The Hall–Kier alpha value is -2.69. The summed E-state index contributed by atoms with van der Waals surface area (Å²) in [7, 11) is 0. The Morgan fingerprint density at radius 3 is 2.45 bits per heavy atom. The Morgan fingerprint density at radius 2 is 1.68 bits per heavy atom. The summed E-state index contributed by atoms with van der Waals surface area (Å²) < 4.78 is 3.67. The van der Waals surface area contributed by atoms with Crippen LogP contribution in [0.3, 0.4) is 0 Å². The zero-order valence-corrected chi connectivity index (χ0v) is 13.0. The Labute approximate surface area is 129 Å². The van der Waals surface area contributed by atoms with Gasteiger partial charge in [0.1, 0.15) is 0 Å². The van der Waals surface area contributed by atoms with Crippen molar-refractivity contribution >= 4 is 11.2 Å². The fourth-order valence-corrected chi connectivity index (χ4v) is 2.39. The molecule has 0 amide bonds. The minimum atomic E-state index is 0.498. The number of rotatable bonds is 1. The van der Waals surface area contributed by atoms with Crippen molar-refractivity contribution in [3.63, 3.8) is 0 Å². The van der Waals surface area contributed by atoms with Crippen molar-refractivity contribution in [1.29, 1.82) is 0 Å². The van der Waals surface area contributed by atoms with E-state index in [-0.39, 0.29) is 0 Å². The first kappa shape index (κ1) is 14.3. The van der Waals surface area contributed by atoms with Gasteiger partial charge in [-0.2, -0.15) is 10.2 Å². The number of hydrogen-bond acceptors (Lipinski definition) is 3. The van der Waals surface area contributed by atoms with E-state index < -0.39 is 0 Å². The van der Waals surface area contributed by atoms with E-state index in [0.717, 1.165) is 5.65 Å². The molecule has 0 radical (unpaired) electrons. The van der Waals surface area contributed by atoms with Crippen LogP contribution in [0.15, 0.2) is 55.2 Å². The number of aryl methyl sites for hydroxylation is 1. The molecule has 112 valence electrons. The van der Waals surface area contributed by atoms with Gasteiger partial charge >= 0.3 is 0 Å². The molecule has 0 unspecified atom stereocenters. The highest BCUT2D eigenvalue weighted by Gasteiger charge is 2.05. The van der Waals surface area contributed by atoms with Gasteiger partial charge in [0, 0.05) is 36.5 Å². The minimum Gasteiger partial charge on any atom is -0.241 e. The van der Waals surface area contributed by atoms with Crippen LogP contribution in [0.1, 0.15) is 30.9 Å². The van der Waals surface area contributed by atoms with Crippen LogP contribution < -0.4 is 0 Å². The molecule has 4 heterocycles. The molecule has 4 aromatic heterocycles. The van der Waals surface area contributed by atoms with Crippen LogP contribution >= 0.6 is 0 Å². The lowest BCUT2D eigenvalue weighted by Gasteiger charge is -2.04. The van der Waals surface area contributed by atoms with Crippen LogP contribution in [-0.4, -0.2) is 24.2 Å². The molecule has 5 heteroatoms. The van der Waals surface area contributed by atoms with E-state index in [4.69, 9.17) is 0 Å². The van der Waals surface area contributed by atoms with Crippen molar-refractivity contribution in [2.24, 2.45) is 0 Å². The summed E-state index contributed by atoms with van der Waals surface area (Å²) in [6.07, 6.45) is 9.20. The average molecular weight is 293 g/mol. The molecule has 22 heavy (non-hydrogen) atoms. The molecule has 5 nitrogen and oxygen atoms in total. The second kappa shape index (κ2) is 5.97. The van der Waals surface area contributed by atoms with Gasteiger partial charge in [-0.1, -0.05) is 13.8 Å². The van der Waals surface area contributed by atoms with Gasteiger partial charge in [0.15, 0.2) is 5.65 Å². The quantitative estimate of drug-likeness (QED) is 0.539. The topological polar surface area (TPSA) is 47.5 Å². The van der Waals surface area contributed by atoms with Crippen LogP contribution in [0.5, 0.6) is 0 Å². The molecule has 0 aliphatic carbocycles. The van der Waals surface area contributed by atoms with Crippen molar-refractivity contribution in [2.75, 3.05) is 0 Å². The maximum Gasteiger partial charge on any atom is 0.156 e. The van der Waals surface area contributed by atoms with Gasteiger partial charge in [0.05, 0.1) is 5.52 Å². The molecule has 4 aromatic rings. The predicted molar refractivity (Wildman–Crippen MR) is 87.0 cm³/mol. The second-order valence-electron chi connectivity index (χ2n) is 5.49. The fraction of sp³-hybridized carbons (Fsp3) is 0.235. The normalized spacial score (nSPS) is 10.9. The van der Waals surface area contributed by atoms with E-state index in [1.807, 2.05) is 47.5 Å². The van der Waals surface area contributed by atoms with E-state index in [1.165, 1.54) is 16.6 Å². The molecule has 4 rings (SSSR count). The molecule has 0 fully saturated rings. The second-order valence-corrected chi connectivity index (χ2v) is 5.49. The van der Waals surface area contributed by atoms with Crippen LogP contribution in [0, 0.1) is 6.92 Å². The third kappa shape index (κ3) is 2.70. The van der Waals surface area contributed by atoms with Crippen molar-refractivity contribution in [2.45, 2.75) is 26.7 Å². The van der Waals surface area contributed by atoms with Crippen molar-refractivity contribution in [3.8, 4) is 0 Å². The fourth-order valence-electron chi connectivity index (χ4n) is 2.39. The summed E-state index contributed by atoms with van der Waals surface area (Å²) in [6.45, 7) is 6.39. The first-order chi connectivity index (χ1) is 10.7. The zero-order valence-electron chi connectivity index (χ0n) is 13.0. The largest absolute Gasteiger partial charge is 0.241 e. The maximum absolute atomic E-state index is 4.24. The van der Waals surface area contributed by atoms with Gasteiger partial charge in [-0.15, -0.1) is 0 Å². The Morgan fingerprint density at radius 1 is 0.909 bits per heavy atom. The van der Waals surface area contributed by atoms with Gasteiger partial charge < -0.3 is 0 Å². The SMILES string of the molecule is CC(C)c1ccnn2ccnc12.Cc1ccnn2cccc12. The van der Waals surface area contributed by atoms with Crippen LogP contribution in [0.2, 0.25) is 0 Å². The first-order valence-corrected chi connectivity index (χ1v) is 7.34. The third-order valence-electron chi connectivity index (χ3n) is 3.59. The summed E-state index contributed by atoms with van der Waals surface area (Å²) in [6, 6.07) is 8.08. The molecule has 0 aliphatic heterocycles. The average Bonchev–Trinajstić information content (AvgIpc) is 3.16. The lowest BCUT2D eigenvalue weighted by Crippen LogP contribution is -1.96. The number of hydrogen-bond donors (Lipinski definition) is 0. The lowest BCUT2D eigenvalue weighted by atomic mass is 10.1. The van der Waals surface area contributed by atoms with Crippen LogP contribution in [0.25, 0.3) is 11.2 Å². The number of imidazole rings is 1. The summed E-state index contributed by atoms with van der Waals surface area (Å²) >= 11 is 0. The van der Waals surface area contributed by atoms with E-state index in [2.05, 4.69) is 42.0 Å². The lowest BCUT2D eigenvalue weighted by molar-refractivity contribution is 0.835. The number of aromatic nitrogens is 5. The molecule has 0 spiro atoms. The summed E-state index contributed by atoms with van der Waals surface area (Å²) in [5.41, 5.74) is 4.66. The summed E-state index contributed by atoms with van der Waals surface area (Å²) in [5.74, 6) is 0.498. The zero-order chi connectivity index (χ0) is 15.5. The molecule has 0 bridgehead atoms. The van der Waals surface area contributed by atoms with Crippen molar-refractivity contribution < 1.29 is 0 Å². The highest BCUT2D eigenvalue weighted by atomic mass is 15.2. The molecule has 0 aromatic carbocycles. The molecule has 0 saturated heterocycles. The molecular formula is C17H19N5. The van der Waals surface area contributed by atoms with Gasteiger partial charge in [0.25, 0.3) is 0 Å². The molecule has 0 N–H and O–H groups in total. The summed E-state index contributed by atoms with van der Waals surface area (Å²) in [4.78, 5) is 4.24. The Bertz CT molecular complexity index is 888. The highest BCUT2D eigenvalue weighted by Crippen LogP contribution is 2.17. The smallest absolute Gasteiger partial charge is 0.156 e. The molecule has 0 saturated carbocycles. The third-order valence-corrected chi connectivity index (χ3v) is 3.59. The molecule has 0 aliphatic rings. The predicted octanol–water partition coefficient (Wildman–Crippen LogP) is 3.50. The van der Waals surface area contributed by atoms with Crippen LogP contribution in [0.4, 0.5) is 0 Å². The van der Waals surface area contributed by atoms with Crippen molar-refractivity contribution in [1.82, 2.24) is 24.2 Å². The monoisotopic (exact) mass is 293 g/mol. The van der Waals surface area contributed by atoms with Gasteiger partial charge in [0.2, 0.25) is 0 Å². The maximum atomic E-state index is 4.24. The molecular weight excluding hydrogens is 274 g/mol. The van der Waals surface area contributed by atoms with Gasteiger partial charge in [-0.3, -0.25) is 0 Å². The van der Waals surface area contributed by atoms with Gasteiger partial charge in [-0.25, -0.2) is 14.0 Å². The number of fused-ring (bicyclic) bond motifs is 2. The first-order valence-electron chi connectivity index (χ1n) is 7.34. The standard InChI is InChI=1S/C9H11N3.C8H8N2/c1-7(2)8-3-4-11-12-6-5-10-9(8)12;1-7-4-5-9-10-6-2-3-8(7)10/h3-7H,1-2H3;2-6H,1H3. The summed E-state index contributed by atoms with van der Waals surface area (Å²) in [5, 5.41) is 8.26. The Kier molecular flexibility index (Phi) is 3.87.